The quantitative estimate of drug-likeness (QED) is 0.851. The highest BCUT2D eigenvalue weighted by Crippen LogP contribution is 2.34. The van der Waals surface area contributed by atoms with Crippen LogP contribution in [-0.4, -0.2) is 41.4 Å². The largest absolute Gasteiger partial charge is 0.336 e. The first-order valence-corrected chi connectivity index (χ1v) is 10.3. The lowest BCUT2D eigenvalue weighted by atomic mass is 9.86. The maximum Gasteiger partial charge on any atom is 0.224 e. The fourth-order valence-electron chi connectivity index (χ4n) is 3.70. The molecule has 1 amide bonds. The Morgan fingerprint density at radius 3 is 2.60 bits per heavy atom. The summed E-state index contributed by atoms with van der Waals surface area (Å²) in [5, 5.41) is 3.48. The molecule has 0 aromatic heterocycles. The van der Waals surface area contributed by atoms with E-state index >= 15 is 0 Å². The van der Waals surface area contributed by atoms with Crippen molar-refractivity contribution in [1.29, 1.82) is 0 Å². The normalized spacial score (nSPS) is 24.0. The number of rotatable bonds is 3. The SMILES string of the molecule is CC(C)(C)c1ccc(C2CCCN2C(=O)CC2CSCCN2)cc1.Cl. The van der Waals surface area contributed by atoms with Gasteiger partial charge in [-0.05, 0) is 29.4 Å². The molecule has 0 radical (unpaired) electrons. The van der Waals surface area contributed by atoms with Crippen molar-refractivity contribution in [3.63, 3.8) is 0 Å². The predicted octanol–water partition coefficient (Wildman–Crippen LogP) is 4.16. The zero-order valence-electron chi connectivity index (χ0n) is 15.6. The average Bonchev–Trinajstić information content (AvgIpc) is 3.05. The molecule has 1 N–H and O–H groups in total. The minimum absolute atomic E-state index is 0. The second kappa shape index (κ2) is 8.79. The van der Waals surface area contributed by atoms with E-state index in [0.717, 1.165) is 37.4 Å². The molecular formula is C20H31ClN2OS. The van der Waals surface area contributed by atoms with Crippen LogP contribution in [0, 0.1) is 0 Å². The van der Waals surface area contributed by atoms with Crippen molar-refractivity contribution in [3.05, 3.63) is 35.4 Å². The zero-order valence-corrected chi connectivity index (χ0v) is 17.2. The van der Waals surface area contributed by atoms with E-state index in [0.29, 0.717) is 18.4 Å². The van der Waals surface area contributed by atoms with Gasteiger partial charge in [0.2, 0.25) is 5.91 Å². The summed E-state index contributed by atoms with van der Waals surface area (Å²) in [6, 6.07) is 9.53. The average molecular weight is 383 g/mol. The molecule has 25 heavy (non-hydrogen) atoms. The summed E-state index contributed by atoms with van der Waals surface area (Å²) >= 11 is 1.96. The summed E-state index contributed by atoms with van der Waals surface area (Å²) in [6.07, 6.45) is 2.85. The van der Waals surface area contributed by atoms with Gasteiger partial charge in [-0.25, -0.2) is 0 Å². The summed E-state index contributed by atoms with van der Waals surface area (Å²) in [4.78, 5) is 14.9. The van der Waals surface area contributed by atoms with Crippen molar-refractivity contribution in [2.24, 2.45) is 0 Å². The zero-order chi connectivity index (χ0) is 17.2. The lowest BCUT2D eigenvalue weighted by molar-refractivity contribution is -0.132. The van der Waals surface area contributed by atoms with E-state index in [9.17, 15) is 4.79 Å². The predicted molar refractivity (Wildman–Crippen MR) is 110 cm³/mol. The van der Waals surface area contributed by atoms with Crippen molar-refractivity contribution in [2.75, 3.05) is 24.6 Å². The molecule has 2 aliphatic rings. The Hall–Kier alpha value is -0.710. The fourth-order valence-corrected chi connectivity index (χ4v) is 4.64. The van der Waals surface area contributed by atoms with Gasteiger partial charge in [0.05, 0.1) is 6.04 Å². The molecule has 2 unspecified atom stereocenters. The number of hydrogen-bond donors (Lipinski definition) is 1. The second-order valence-electron chi connectivity index (χ2n) is 8.05. The Balaban J connectivity index is 0.00000225. The first-order chi connectivity index (χ1) is 11.4. The summed E-state index contributed by atoms with van der Waals surface area (Å²) in [5.74, 6) is 2.54. The molecule has 1 aromatic carbocycles. The lowest BCUT2D eigenvalue weighted by Crippen LogP contribution is -2.42. The Kier molecular flexibility index (Phi) is 7.24. The van der Waals surface area contributed by atoms with Crippen molar-refractivity contribution in [3.8, 4) is 0 Å². The molecule has 0 spiro atoms. The van der Waals surface area contributed by atoms with Crippen LogP contribution < -0.4 is 5.32 Å². The van der Waals surface area contributed by atoms with Gasteiger partial charge in [-0.3, -0.25) is 4.79 Å². The number of nitrogens with zero attached hydrogens (tertiary/aromatic N) is 1. The molecule has 0 bridgehead atoms. The third kappa shape index (κ3) is 5.15. The summed E-state index contributed by atoms with van der Waals surface area (Å²) in [7, 11) is 0. The maximum atomic E-state index is 12.8. The smallest absolute Gasteiger partial charge is 0.224 e. The number of amides is 1. The number of halogens is 1. The van der Waals surface area contributed by atoms with E-state index in [1.807, 2.05) is 11.8 Å². The third-order valence-corrected chi connectivity index (χ3v) is 6.28. The number of nitrogens with one attached hydrogen (secondary N) is 1. The first-order valence-electron chi connectivity index (χ1n) is 9.16. The highest BCUT2D eigenvalue weighted by atomic mass is 35.5. The molecule has 3 rings (SSSR count). The van der Waals surface area contributed by atoms with Gasteiger partial charge in [-0.1, -0.05) is 45.0 Å². The minimum atomic E-state index is 0. The van der Waals surface area contributed by atoms with Gasteiger partial charge in [0.15, 0.2) is 0 Å². The molecule has 2 fully saturated rings. The molecule has 3 nitrogen and oxygen atoms in total. The van der Waals surface area contributed by atoms with Gasteiger partial charge in [0, 0.05) is 37.1 Å². The fraction of sp³-hybridized carbons (Fsp3) is 0.650. The topological polar surface area (TPSA) is 32.3 Å². The second-order valence-corrected chi connectivity index (χ2v) is 9.20. The highest BCUT2D eigenvalue weighted by molar-refractivity contribution is 7.99. The molecule has 0 aliphatic carbocycles. The van der Waals surface area contributed by atoms with Gasteiger partial charge in [-0.15, -0.1) is 12.4 Å². The number of hydrogen-bond acceptors (Lipinski definition) is 3. The Labute approximate surface area is 162 Å². The van der Waals surface area contributed by atoms with Crippen molar-refractivity contribution in [2.45, 2.75) is 57.5 Å². The summed E-state index contributed by atoms with van der Waals surface area (Å²) in [6.45, 7) is 8.65. The third-order valence-electron chi connectivity index (χ3n) is 5.15. The first kappa shape index (κ1) is 20.6. The summed E-state index contributed by atoms with van der Waals surface area (Å²) in [5.41, 5.74) is 2.82. The van der Waals surface area contributed by atoms with E-state index in [1.54, 1.807) is 0 Å². The van der Waals surface area contributed by atoms with Crippen LogP contribution in [0.5, 0.6) is 0 Å². The van der Waals surface area contributed by atoms with Gasteiger partial charge < -0.3 is 10.2 Å². The van der Waals surface area contributed by atoms with Crippen LogP contribution in [0.4, 0.5) is 0 Å². The van der Waals surface area contributed by atoms with Gasteiger partial charge in [0.25, 0.3) is 0 Å². The van der Waals surface area contributed by atoms with E-state index < -0.39 is 0 Å². The standard InChI is InChI=1S/C20H30N2OS.ClH/c1-20(2,3)16-8-6-15(7-9-16)18-5-4-11-22(18)19(23)13-17-14-24-12-10-21-17;/h6-9,17-18,21H,4-5,10-14H2,1-3H3;1H. The van der Waals surface area contributed by atoms with Crippen LogP contribution in [0.3, 0.4) is 0 Å². The van der Waals surface area contributed by atoms with Crippen LogP contribution in [0.15, 0.2) is 24.3 Å². The van der Waals surface area contributed by atoms with Crippen LogP contribution in [0.2, 0.25) is 0 Å². The number of carbonyl (C=O) groups is 1. The number of thioether (sulfide) groups is 1. The van der Waals surface area contributed by atoms with Crippen LogP contribution in [-0.2, 0) is 10.2 Å². The van der Waals surface area contributed by atoms with Gasteiger partial charge >= 0.3 is 0 Å². The molecular weight excluding hydrogens is 352 g/mol. The van der Waals surface area contributed by atoms with Gasteiger partial charge in [-0.2, -0.15) is 11.8 Å². The van der Waals surface area contributed by atoms with Gasteiger partial charge in [0.1, 0.15) is 0 Å². The molecule has 2 heterocycles. The van der Waals surface area contributed by atoms with E-state index in [-0.39, 0.29) is 23.9 Å². The van der Waals surface area contributed by atoms with Crippen molar-refractivity contribution < 1.29 is 4.79 Å². The number of carbonyl (C=O) groups excluding carboxylic acids is 1. The Morgan fingerprint density at radius 1 is 1.28 bits per heavy atom. The monoisotopic (exact) mass is 382 g/mol. The van der Waals surface area contributed by atoms with E-state index in [1.165, 1.54) is 11.1 Å². The van der Waals surface area contributed by atoms with Crippen molar-refractivity contribution >= 4 is 30.1 Å². The number of likely N-dealkylation sites (tertiary alicyclic amines) is 1. The highest BCUT2D eigenvalue weighted by Gasteiger charge is 2.31. The Bertz CT molecular complexity index is 564. The molecule has 2 saturated heterocycles. The molecule has 5 heteroatoms. The number of benzene rings is 1. The lowest BCUT2D eigenvalue weighted by Gasteiger charge is -2.29. The van der Waals surface area contributed by atoms with Crippen LogP contribution in [0.1, 0.15) is 57.2 Å². The molecule has 0 saturated carbocycles. The molecule has 140 valence electrons. The maximum absolute atomic E-state index is 12.8. The van der Waals surface area contributed by atoms with Crippen molar-refractivity contribution in [1.82, 2.24) is 10.2 Å². The van der Waals surface area contributed by atoms with Crippen LogP contribution in [0.25, 0.3) is 0 Å². The minimum Gasteiger partial charge on any atom is -0.336 e. The van der Waals surface area contributed by atoms with Crippen LogP contribution >= 0.6 is 24.2 Å². The molecule has 2 atom stereocenters. The Morgan fingerprint density at radius 2 is 2.00 bits per heavy atom. The van der Waals surface area contributed by atoms with E-state index in [4.69, 9.17) is 0 Å². The molecule has 2 aliphatic heterocycles. The molecule has 1 aromatic rings. The van der Waals surface area contributed by atoms with E-state index in [2.05, 4.69) is 55.3 Å². The summed E-state index contributed by atoms with van der Waals surface area (Å²) < 4.78 is 0.